The van der Waals surface area contributed by atoms with Gasteiger partial charge in [-0.05, 0) is 35.7 Å². The molecular weight excluding hydrogens is 284 g/mol. The van der Waals surface area contributed by atoms with E-state index in [4.69, 9.17) is 4.74 Å². The van der Waals surface area contributed by atoms with Crippen LogP contribution in [-0.4, -0.2) is 35.8 Å². The van der Waals surface area contributed by atoms with Crippen LogP contribution in [0.15, 0.2) is 10.8 Å². The summed E-state index contributed by atoms with van der Waals surface area (Å²) in [5, 5.41) is 6.31. The molecule has 1 aromatic heterocycles. The largest absolute Gasteiger partial charge is 0.373 e. The van der Waals surface area contributed by atoms with E-state index in [2.05, 4.69) is 43.5 Å². The number of nitrogens with zero attached hydrogens (tertiary/aromatic N) is 2. The molecule has 2 rings (SSSR count). The normalized spacial score (nSPS) is 23.7. The summed E-state index contributed by atoms with van der Waals surface area (Å²) in [7, 11) is 1.83. The number of nitrogens with one attached hydrogen (secondary N) is 2. The van der Waals surface area contributed by atoms with Gasteiger partial charge in [-0.15, -0.1) is 0 Å². The molecule has 1 fully saturated rings. The molecule has 94 valence electrons. The van der Waals surface area contributed by atoms with Crippen molar-refractivity contribution in [3.05, 3.63) is 10.8 Å². The predicted octanol–water partition coefficient (Wildman–Crippen LogP) is 2.26. The highest BCUT2D eigenvalue weighted by Gasteiger charge is 2.29. The lowest BCUT2D eigenvalue weighted by molar-refractivity contribution is 0.0314. The highest BCUT2D eigenvalue weighted by atomic mass is 79.9. The van der Waals surface area contributed by atoms with Gasteiger partial charge in [-0.1, -0.05) is 0 Å². The summed E-state index contributed by atoms with van der Waals surface area (Å²) in [6.45, 7) is 3.73. The molecule has 1 atom stereocenters. The zero-order valence-corrected chi connectivity index (χ0v) is 11.7. The van der Waals surface area contributed by atoms with Crippen molar-refractivity contribution in [1.29, 1.82) is 0 Å². The van der Waals surface area contributed by atoms with Crippen molar-refractivity contribution in [2.45, 2.75) is 25.4 Å². The molecule has 2 N–H and O–H groups in total. The van der Waals surface area contributed by atoms with Crippen LogP contribution in [0.4, 0.5) is 11.6 Å². The molecule has 1 aliphatic heterocycles. The number of anilines is 2. The molecule has 1 aliphatic rings. The first-order valence-electron chi connectivity index (χ1n) is 5.71. The summed E-state index contributed by atoms with van der Waals surface area (Å²) in [5.41, 5.74) is -0.0792. The molecule has 0 bridgehead atoms. The van der Waals surface area contributed by atoms with Crippen LogP contribution in [0, 0.1) is 0 Å². The van der Waals surface area contributed by atoms with Gasteiger partial charge in [0.15, 0.2) is 0 Å². The summed E-state index contributed by atoms with van der Waals surface area (Å²) in [6.07, 6.45) is 3.75. The fourth-order valence-electron chi connectivity index (χ4n) is 1.91. The third-order valence-corrected chi connectivity index (χ3v) is 3.71. The SMILES string of the molecule is CNc1ncnc(NCC2(C)CCCO2)c1Br. The van der Waals surface area contributed by atoms with Crippen molar-refractivity contribution < 1.29 is 4.74 Å². The minimum absolute atomic E-state index is 0.0792. The predicted molar refractivity (Wildman–Crippen MR) is 71.4 cm³/mol. The number of hydrogen-bond acceptors (Lipinski definition) is 5. The van der Waals surface area contributed by atoms with E-state index in [0.717, 1.165) is 42.1 Å². The quantitative estimate of drug-likeness (QED) is 0.893. The van der Waals surface area contributed by atoms with Gasteiger partial charge in [0, 0.05) is 20.2 Å². The van der Waals surface area contributed by atoms with E-state index in [0.29, 0.717) is 0 Å². The fraction of sp³-hybridized carbons (Fsp3) is 0.636. The maximum atomic E-state index is 5.72. The highest BCUT2D eigenvalue weighted by Crippen LogP contribution is 2.29. The Morgan fingerprint density at radius 3 is 2.88 bits per heavy atom. The Labute approximate surface area is 110 Å². The minimum atomic E-state index is -0.0792. The zero-order chi connectivity index (χ0) is 12.3. The van der Waals surface area contributed by atoms with Gasteiger partial charge in [0.05, 0.1) is 5.60 Å². The van der Waals surface area contributed by atoms with Crippen LogP contribution >= 0.6 is 15.9 Å². The number of halogens is 1. The van der Waals surface area contributed by atoms with Gasteiger partial charge in [0.1, 0.15) is 22.4 Å². The first kappa shape index (κ1) is 12.6. The summed E-state index contributed by atoms with van der Waals surface area (Å²) in [5.74, 6) is 1.57. The lowest BCUT2D eigenvalue weighted by Gasteiger charge is -2.24. The van der Waals surface area contributed by atoms with E-state index in [-0.39, 0.29) is 5.60 Å². The first-order valence-corrected chi connectivity index (χ1v) is 6.50. The van der Waals surface area contributed by atoms with Crippen LogP contribution in [0.2, 0.25) is 0 Å². The fourth-order valence-corrected chi connectivity index (χ4v) is 2.46. The van der Waals surface area contributed by atoms with Crippen LogP contribution in [-0.2, 0) is 4.74 Å². The van der Waals surface area contributed by atoms with Gasteiger partial charge in [0.25, 0.3) is 0 Å². The number of hydrogen-bond donors (Lipinski definition) is 2. The Kier molecular flexibility index (Phi) is 3.83. The molecule has 6 heteroatoms. The number of ether oxygens (including phenoxy) is 1. The molecule has 5 nitrogen and oxygen atoms in total. The van der Waals surface area contributed by atoms with Crippen LogP contribution in [0.5, 0.6) is 0 Å². The molecule has 1 saturated heterocycles. The Hall–Kier alpha value is -0.880. The average Bonchev–Trinajstić information content (AvgIpc) is 2.75. The number of aromatic nitrogens is 2. The first-order chi connectivity index (χ1) is 8.14. The van der Waals surface area contributed by atoms with E-state index < -0.39 is 0 Å². The van der Waals surface area contributed by atoms with Gasteiger partial charge in [0.2, 0.25) is 0 Å². The van der Waals surface area contributed by atoms with E-state index in [1.165, 1.54) is 6.33 Å². The Morgan fingerprint density at radius 2 is 2.24 bits per heavy atom. The molecule has 2 heterocycles. The van der Waals surface area contributed by atoms with Gasteiger partial charge < -0.3 is 15.4 Å². The Morgan fingerprint density at radius 1 is 1.47 bits per heavy atom. The molecule has 0 spiro atoms. The van der Waals surface area contributed by atoms with Crippen LogP contribution in [0.1, 0.15) is 19.8 Å². The molecule has 17 heavy (non-hydrogen) atoms. The molecular formula is C11H17BrN4O. The van der Waals surface area contributed by atoms with Crippen LogP contribution in [0.3, 0.4) is 0 Å². The van der Waals surface area contributed by atoms with Crippen molar-refractivity contribution in [1.82, 2.24) is 9.97 Å². The monoisotopic (exact) mass is 300 g/mol. The standard InChI is InChI=1S/C11H17BrN4O/c1-11(4-3-5-17-11)6-14-10-8(12)9(13-2)15-7-16-10/h7H,3-6H2,1-2H3,(H2,13,14,15,16). The van der Waals surface area contributed by atoms with Crippen molar-refractivity contribution in [3.8, 4) is 0 Å². The summed E-state index contributed by atoms with van der Waals surface area (Å²) in [4.78, 5) is 8.33. The van der Waals surface area contributed by atoms with E-state index >= 15 is 0 Å². The topological polar surface area (TPSA) is 59.1 Å². The number of rotatable bonds is 4. The maximum absolute atomic E-state index is 5.72. The smallest absolute Gasteiger partial charge is 0.146 e. The summed E-state index contributed by atoms with van der Waals surface area (Å²) >= 11 is 3.48. The summed E-state index contributed by atoms with van der Waals surface area (Å²) < 4.78 is 6.57. The average molecular weight is 301 g/mol. The third kappa shape index (κ3) is 2.87. The highest BCUT2D eigenvalue weighted by molar-refractivity contribution is 9.10. The molecule has 0 aliphatic carbocycles. The van der Waals surface area contributed by atoms with Crippen molar-refractivity contribution >= 4 is 27.6 Å². The van der Waals surface area contributed by atoms with E-state index in [1.54, 1.807) is 0 Å². The molecule has 0 radical (unpaired) electrons. The van der Waals surface area contributed by atoms with Crippen LogP contribution in [0.25, 0.3) is 0 Å². The molecule has 0 aromatic carbocycles. The lowest BCUT2D eigenvalue weighted by Crippen LogP contribution is -2.32. The van der Waals surface area contributed by atoms with Crippen molar-refractivity contribution in [3.63, 3.8) is 0 Å². The molecule has 0 amide bonds. The molecule has 1 unspecified atom stereocenters. The Balaban J connectivity index is 2.03. The van der Waals surface area contributed by atoms with Gasteiger partial charge in [-0.3, -0.25) is 0 Å². The van der Waals surface area contributed by atoms with E-state index in [1.807, 2.05) is 7.05 Å². The second-order valence-electron chi connectivity index (χ2n) is 4.39. The van der Waals surface area contributed by atoms with Gasteiger partial charge in [-0.25, -0.2) is 9.97 Å². The molecule has 1 aromatic rings. The van der Waals surface area contributed by atoms with Gasteiger partial charge in [-0.2, -0.15) is 0 Å². The van der Waals surface area contributed by atoms with Gasteiger partial charge >= 0.3 is 0 Å². The lowest BCUT2D eigenvalue weighted by atomic mass is 10.0. The molecule has 0 saturated carbocycles. The summed E-state index contributed by atoms with van der Waals surface area (Å²) in [6, 6.07) is 0. The Bertz CT molecular complexity index is 393. The van der Waals surface area contributed by atoms with Crippen molar-refractivity contribution in [2.75, 3.05) is 30.8 Å². The maximum Gasteiger partial charge on any atom is 0.146 e. The van der Waals surface area contributed by atoms with Crippen molar-refractivity contribution in [2.24, 2.45) is 0 Å². The second kappa shape index (κ2) is 5.18. The third-order valence-electron chi connectivity index (χ3n) is 2.96. The zero-order valence-electron chi connectivity index (χ0n) is 10.1. The van der Waals surface area contributed by atoms with E-state index in [9.17, 15) is 0 Å². The minimum Gasteiger partial charge on any atom is -0.373 e. The second-order valence-corrected chi connectivity index (χ2v) is 5.18. The van der Waals surface area contributed by atoms with Crippen LogP contribution < -0.4 is 10.6 Å².